The highest BCUT2D eigenvalue weighted by atomic mass is 35.5. The molecular weight excluding hydrogens is 412 g/mol. The Morgan fingerprint density at radius 1 is 1.03 bits per heavy atom. The van der Waals surface area contributed by atoms with Crippen LogP contribution < -0.4 is 10.1 Å². The van der Waals surface area contributed by atoms with Crippen molar-refractivity contribution in [3.63, 3.8) is 0 Å². The quantitative estimate of drug-likeness (QED) is 0.411. The first-order valence-corrected chi connectivity index (χ1v) is 11.3. The molecule has 1 amide bonds. The van der Waals surface area contributed by atoms with Crippen LogP contribution in [0, 0.1) is 0 Å². The molecule has 6 heteroatoms. The highest BCUT2D eigenvalue weighted by Crippen LogP contribution is 2.34. The number of halogens is 1. The summed E-state index contributed by atoms with van der Waals surface area (Å²) in [5.74, 6) is -0.519. The Morgan fingerprint density at radius 2 is 1.77 bits per heavy atom. The van der Waals surface area contributed by atoms with Gasteiger partial charge in [0.15, 0.2) is 0 Å². The topological polar surface area (TPSA) is 59.8 Å². The van der Waals surface area contributed by atoms with Gasteiger partial charge in [-0.15, -0.1) is 0 Å². The molecule has 3 aromatic rings. The molecule has 0 radical (unpaired) electrons. The molecule has 0 spiro atoms. The van der Waals surface area contributed by atoms with E-state index in [4.69, 9.17) is 16.3 Å². The summed E-state index contributed by atoms with van der Waals surface area (Å²) in [4.78, 5) is 26.3. The van der Waals surface area contributed by atoms with Crippen LogP contribution in [0.1, 0.15) is 55.4 Å². The van der Waals surface area contributed by atoms with E-state index in [0.29, 0.717) is 22.0 Å². The van der Waals surface area contributed by atoms with Gasteiger partial charge in [-0.2, -0.15) is 0 Å². The molecule has 0 aliphatic heterocycles. The number of aromatic nitrogens is 1. The Labute approximate surface area is 187 Å². The Kier molecular flexibility index (Phi) is 6.62. The summed E-state index contributed by atoms with van der Waals surface area (Å²) in [5.41, 5.74) is 2.62. The zero-order valence-electron chi connectivity index (χ0n) is 17.7. The smallest absolute Gasteiger partial charge is 0.294 e. The molecule has 0 atom stereocenters. The van der Waals surface area contributed by atoms with Crippen LogP contribution in [0.25, 0.3) is 16.6 Å². The molecule has 2 heterocycles. The van der Waals surface area contributed by atoms with Crippen molar-refractivity contribution in [2.45, 2.75) is 51.0 Å². The number of benzene rings is 1. The molecule has 162 valence electrons. The van der Waals surface area contributed by atoms with Crippen LogP contribution in [0.5, 0.6) is 5.75 Å². The fraction of sp³-hybridized carbons (Fsp3) is 0.360. The van der Waals surface area contributed by atoms with Crippen molar-refractivity contribution in [3.8, 4) is 16.9 Å². The Morgan fingerprint density at radius 3 is 2.48 bits per heavy atom. The Bertz CT molecular complexity index is 1100. The maximum atomic E-state index is 13.4. The van der Waals surface area contributed by atoms with E-state index in [-0.39, 0.29) is 6.04 Å². The maximum Gasteiger partial charge on any atom is 0.294 e. The number of hydrogen-bond donors (Lipinski definition) is 1. The van der Waals surface area contributed by atoms with E-state index in [9.17, 15) is 9.59 Å². The van der Waals surface area contributed by atoms with Crippen molar-refractivity contribution in [2.75, 3.05) is 7.11 Å². The minimum atomic E-state index is -0.546. The van der Waals surface area contributed by atoms with Gasteiger partial charge in [-0.3, -0.25) is 9.59 Å². The molecule has 0 saturated heterocycles. The Balaban J connectivity index is 1.68. The molecule has 0 unspecified atom stereocenters. The van der Waals surface area contributed by atoms with Gasteiger partial charge in [-0.25, -0.2) is 0 Å². The molecular formula is C25H27ClN2O3. The number of amides is 1. The fourth-order valence-corrected chi connectivity index (χ4v) is 4.63. The minimum absolute atomic E-state index is 0.0573. The number of hydrogen-bond acceptors (Lipinski definition) is 3. The molecule has 5 nitrogen and oxygen atoms in total. The average Bonchev–Trinajstić information content (AvgIpc) is 3.14. The van der Waals surface area contributed by atoms with Gasteiger partial charge in [0, 0.05) is 23.3 Å². The van der Waals surface area contributed by atoms with Crippen LogP contribution in [-0.4, -0.2) is 29.2 Å². The molecule has 1 aliphatic rings. The first-order chi connectivity index (χ1) is 15.1. The lowest BCUT2D eigenvalue weighted by Gasteiger charge is -2.20. The third-order valence-corrected chi connectivity index (χ3v) is 6.30. The summed E-state index contributed by atoms with van der Waals surface area (Å²) in [5, 5.41) is 3.45. The third-order valence-electron chi connectivity index (χ3n) is 6.00. The summed E-state index contributed by atoms with van der Waals surface area (Å²) in [6.45, 7) is 0. The number of ketones is 1. The van der Waals surface area contributed by atoms with E-state index in [1.807, 2.05) is 30.3 Å². The number of carbonyl (C=O) groups is 2. The van der Waals surface area contributed by atoms with Gasteiger partial charge in [0.25, 0.3) is 11.7 Å². The first kappa shape index (κ1) is 21.4. The summed E-state index contributed by atoms with van der Waals surface area (Å²) < 4.78 is 7.02. The van der Waals surface area contributed by atoms with Gasteiger partial charge in [-0.05, 0) is 48.7 Å². The average molecular weight is 439 g/mol. The second-order valence-corrected chi connectivity index (χ2v) is 8.50. The molecule has 2 aromatic heterocycles. The number of pyridine rings is 1. The van der Waals surface area contributed by atoms with E-state index in [2.05, 4.69) is 5.32 Å². The second-order valence-electron chi connectivity index (χ2n) is 8.10. The largest absolute Gasteiger partial charge is 0.495 e. The molecule has 1 aliphatic carbocycles. The van der Waals surface area contributed by atoms with Crippen molar-refractivity contribution >= 4 is 28.8 Å². The van der Waals surface area contributed by atoms with E-state index >= 15 is 0 Å². The Hall–Kier alpha value is -2.79. The predicted octanol–water partition coefficient (Wildman–Crippen LogP) is 5.68. The lowest BCUT2D eigenvalue weighted by Crippen LogP contribution is -2.40. The molecule has 4 rings (SSSR count). The number of nitrogens with one attached hydrogen (secondary N) is 1. The summed E-state index contributed by atoms with van der Waals surface area (Å²) in [6, 6.07) is 13.0. The zero-order chi connectivity index (χ0) is 21.8. The van der Waals surface area contributed by atoms with Crippen LogP contribution in [0.4, 0.5) is 0 Å². The van der Waals surface area contributed by atoms with E-state index in [0.717, 1.165) is 36.8 Å². The van der Waals surface area contributed by atoms with Gasteiger partial charge >= 0.3 is 0 Å². The molecule has 31 heavy (non-hydrogen) atoms. The molecule has 1 saturated carbocycles. The number of rotatable bonds is 5. The first-order valence-electron chi connectivity index (χ1n) is 10.9. The van der Waals surface area contributed by atoms with Crippen molar-refractivity contribution in [1.82, 2.24) is 9.72 Å². The van der Waals surface area contributed by atoms with Crippen LogP contribution in [0.2, 0.25) is 5.02 Å². The maximum absolute atomic E-state index is 13.4. The normalized spacial score (nSPS) is 15.3. The number of methoxy groups -OCH3 is 1. The number of carbonyl (C=O) groups excluding carboxylic acids is 2. The van der Waals surface area contributed by atoms with E-state index in [1.54, 1.807) is 29.8 Å². The van der Waals surface area contributed by atoms with Crippen LogP contribution >= 0.6 is 11.6 Å². The minimum Gasteiger partial charge on any atom is -0.495 e. The van der Waals surface area contributed by atoms with Crippen molar-refractivity contribution in [3.05, 3.63) is 59.4 Å². The van der Waals surface area contributed by atoms with Crippen molar-refractivity contribution < 1.29 is 14.3 Å². The van der Waals surface area contributed by atoms with E-state index < -0.39 is 11.7 Å². The SMILES string of the molecule is COc1ccc(-c2cc3ccccn3c2C(=O)C(=O)NC2CCCCCCC2)cc1Cl. The monoisotopic (exact) mass is 438 g/mol. The summed E-state index contributed by atoms with van der Waals surface area (Å²) in [6.07, 6.45) is 9.46. The van der Waals surface area contributed by atoms with E-state index in [1.165, 1.54) is 19.3 Å². The van der Waals surface area contributed by atoms with Crippen LogP contribution in [0.15, 0.2) is 48.7 Å². The molecule has 0 bridgehead atoms. The number of Topliss-reactive ketones (excluding diaryl/α,β-unsaturated/α-hetero) is 1. The zero-order valence-corrected chi connectivity index (χ0v) is 18.5. The number of ether oxygens (including phenoxy) is 1. The molecule has 1 fully saturated rings. The molecule has 1 N–H and O–H groups in total. The lowest BCUT2D eigenvalue weighted by molar-refractivity contribution is -0.117. The van der Waals surface area contributed by atoms with Crippen molar-refractivity contribution in [2.24, 2.45) is 0 Å². The van der Waals surface area contributed by atoms with Crippen LogP contribution in [0.3, 0.4) is 0 Å². The third kappa shape index (κ3) is 4.62. The lowest BCUT2D eigenvalue weighted by atomic mass is 9.96. The van der Waals surface area contributed by atoms with Gasteiger partial charge < -0.3 is 14.5 Å². The van der Waals surface area contributed by atoms with Gasteiger partial charge in [-0.1, -0.05) is 55.8 Å². The van der Waals surface area contributed by atoms with Crippen LogP contribution in [-0.2, 0) is 4.79 Å². The van der Waals surface area contributed by atoms with Gasteiger partial charge in [0.2, 0.25) is 0 Å². The van der Waals surface area contributed by atoms with Crippen molar-refractivity contribution in [1.29, 1.82) is 0 Å². The van der Waals surface area contributed by atoms with Gasteiger partial charge in [0.05, 0.1) is 12.1 Å². The molecule has 1 aromatic carbocycles. The highest BCUT2D eigenvalue weighted by molar-refractivity contribution is 6.43. The standard InChI is InChI=1S/C25H27ClN2O3/c1-31-22-13-12-17(15-21(22)26)20-16-19-11-7-8-14-28(19)23(20)24(29)25(30)27-18-9-5-3-2-4-6-10-18/h7-8,11-16,18H,2-6,9-10H2,1H3,(H,27,30). The number of fused-ring (bicyclic) bond motifs is 1. The summed E-state index contributed by atoms with van der Waals surface area (Å²) >= 11 is 6.33. The predicted molar refractivity (Wildman–Crippen MR) is 123 cm³/mol. The summed E-state index contributed by atoms with van der Waals surface area (Å²) in [7, 11) is 1.56. The van der Waals surface area contributed by atoms with Gasteiger partial charge in [0.1, 0.15) is 11.4 Å². The number of nitrogens with zero attached hydrogens (tertiary/aromatic N) is 1. The highest BCUT2D eigenvalue weighted by Gasteiger charge is 2.27. The fourth-order valence-electron chi connectivity index (χ4n) is 4.37. The second kappa shape index (κ2) is 9.56.